The van der Waals surface area contributed by atoms with Crippen molar-refractivity contribution >= 4 is 34.8 Å². The van der Waals surface area contributed by atoms with E-state index in [9.17, 15) is 13.2 Å². The van der Waals surface area contributed by atoms with E-state index in [-0.39, 0.29) is 26.4 Å². The second-order valence-corrected chi connectivity index (χ2v) is 4.97. The normalized spacial score (nSPS) is 10.9. The highest BCUT2D eigenvalue weighted by Gasteiger charge is 2.15. The van der Waals surface area contributed by atoms with Crippen molar-refractivity contribution in [1.29, 1.82) is 0 Å². The van der Waals surface area contributed by atoms with Gasteiger partial charge in [0.1, 0.15) is 11.6 Å². The molecule has 106 valence electrons. The molecule has 2 aromatic carbocycles. The van der Waals surface area contributed by atoms with E-state index >= 15 is 0 Å². The summed E-state index contributed by atoms with van der Waals surface area (Å²) >= 11 is 17.6. The van der Waals surface area contributed by atoms with Gasteiger partial charge in [0.15, 0.2) is 0 Å². The molecule has 0 spiro atoms. The van der Waals surface area contributed by atoms with Gasteiger partial charge >= 0.3 is 6.61 Å². The van der Waals surface area contributed by atoms with Gasteiger partial charge in [-0.25, -0.2) is 4.39 Å². The zero-order valence-corrected chi connectivity index (χ0v) is 11.9. The Morgan fingerprint density at radius 2 is 1.55 bits per heavy atom. The minimum atomic E-state index is -3.08. The molecule has 0 atom stereocenters. The summed E-state index contributed by atoms with van der Waals surface area (Å²) in [5, 5.41) is 0.457. The lowest BCUT2D eigenvalue weighted by atomic mass is 10.0. The van der Waals surface area contributed by atoms with Gasteiger partial charge in [0.25, 0.3) is 0 Å². The third kappa shape index (κ3) is 3.32. The quantitative estimate of drug-likeness (QED) is 0.617. The van der Waals surface area contributed by atoms with Crippen molar-refractivity contribution in [2.45, 2.75) is 6.61 Å². The van der Waals surface area contributed by atoms with Gasteiger partial charge in [-0.1, -0.05) is 34.8 Å². The predicted octanol–water partition coefficient (Wildman–Crippen LogP) is 6.05. The first-order valence-corrected chi connectivity index (χ1v) is 6.41. The van der Waals surface area contributed by atoms with Crippen LogP contribution in [0, 0.1) is 5.82 Å². The van der Waals surface area contributed by atoms with E-state index in [0.717, 1.165) is 12.1 Å². The summed E-state index contributed by atoms with van der Waals surface area (Å²) in [6.45, 7) is -3.08. The lowest BCUT2D eigenvalue weighted by Gasteiger charge is -2.12. The van der Waals surface area contributed by atoms with Gasteiger partial charge in [-0.05, 0) is 29.8 Å². The van der Waals surface area contributed by atoms with Crippen LogP contribution >= 0.6 is 34.8 Å². The second kappa shape index (κ2) is 6.12. The van der Waals surface area contributed by atoms with Crippen LogP contribution < -0.4 is 4.74 Å². The van der Waals surface area contributed by atoms with E-state index in [0.29, 0.717) is 5.56 Å². The van der Waals surface area contributed by atoms with Crippen molar-refractivity contribution < 1.29 is 17.9 Å². The first kappa shape index (κ1) is 15.3. The standard InChI is InChI=1S/C13H6Cl3F3O/c14-9-3-6(4-10(15)12(9)16)8-2-1-7(17)5-11(8)20-13(18)19/h1-5,13H. The minimum Gasteiger partial charge on any atom is -0.434 e. The molecule has 1 nitrogen and oxygen atoms in total. The van der Waals surface area contributed by atoms with Crippen LogP contribution in [0.4, 0.5) is 13.2 Å². The fourth-order valence-corrected chi connectivity index (χ4v) is 2.24. The Bertz CT molecular complexity index is 624. The third-order valence-corrected chi connectivity index (χ3v) is 3.65. The van der Waals surface area contributed by atoms with Gasteiger partial charge in [0, 0.05) is 11.6 Å². The fraction of sp³-hybridized carbons (Fsp3) is 0.0769. The molecule has 0 unspecified atom stereocenters. The minimum absolute atomic E-state index is 0.149. The van der Waals surface area contributed by atoms with Crippen molar-refractivity contribution in [2.24, 2.45) is 0 Å². The molecule has 0 saturated carbocycles. The molecule has 7 heteroatoms. The van der Waals surface area contributed by atoms with Crippen molar-refractivity contribution in [3.05, 3.63) is 51.2 Å². The lowest BCUT2D eigenvalue weighted by Crippen LogP contribution is -2.03. The van der Waals surface area contributed by atoms with Crippen LogP contribution in [-0.2, 0) is 0 Å². The Kier molecular flexibility index (Phi) is 4.68. The Hall–Kier alpha value is -1.10. The number of rotatable bonds is 3. The van der Waals surface area contributed by atoms with Crippen LogP contribution in [0.2, 0.25) is 15.1 Å². The van der Waals surface area contributed by atoms with Gasteiger partial charge < -0.3 is 4.74 Å². The second-order valence-electron chi connectivity index (χ2n) is 3.77. The lowest BCUT2D eigenvalue weighted by molar-refractivity contribution is -0.0495. The Labute approximate surface area is 127 Å². The highest BCUT2D eigenvalue weighted by molar-refractivity contribution is 6.48. The molecule has 0 saturated heterocycles. The molecular weight excluding hydrogens is 335 g/mol. The van der Waals surface area contributed by atoms with Crippen molar-refractivity contribution in [3.63, 3.8) is 0 Å². The number of benzene rings is 2. The third-order valence-electron chi connectivity index (χ3n) is 2.45. The number of hydrogen-bond donors (Lipinski definition) is 0. The molecule has 0 aliphatic heterocycles. The summed E-state index contributed by atoms with van der Waals surface area (Å²) in [7, 11) is 0. The molecule has 0 aliphatic rings. The number of hydrogen-bond acceptors (Lipinski definition) is 1. The molecule has 2 aromatic rings. The van der Waals surface area contributed by atoms with Gasteiger partial charge in [-0.2, -0.15) is 8.78 Å². The molecule has 0 bridgehead atoms. The van der Waals surface area contributed by atoms with Crippen LogP contribution in [0.1, 0.15) is 0 Å². The molecule has 0 fully saturated rings. The Morgan fingerprint density at radius 1 is 0.950 bits per heavy atom. The molecule has 0 N–H and O–H groups in total. The van der Waals surface area contributed by atoms with E-state index in [4.69, 9.17) is 34.8 Å². The first-order valence-electron chi connectivity index (χ1n) is 5.27. The molecule has 20 heavy (non-hydrogen) atoms. The molecular formula is C13H6Cl3F3O. The summed E-state index contributed by atoms with van der Waals surface area (Å²) in [4.78, 5) is 0. The monoisotopic (exact) mass is 340 g/mol. The summed E-state index contributed by atoms with van der Waals surface area (Å²) in [6.07, 6.45) is 0. The Morgan fingerprint density at radius 3 is 2.10 bits per heavy atom. The highest BCUT2D eigenvalue weighted by Crippen LogP contribution is 2.38. The van der Waals surface area contributed by atoms with Crippen LogP contribution in [0.25, 0.3) is 11.1 Å². The van der Waals surface area contributed by atoms with Crippen LogP contribution in [0.3, 0.4) is 0 Å². The van der Waals surface area contributed by atoms with Gasteiger partial charge in [-0.3, -0.25) is 0 Å². The molecule has 0 aromatic heterocycles. The first-order chi connectivity index (χ1) is 9.38. The number of ether oxygens (including phenoxy) is 1. The van der Waals surface area contributed by atoms with Crippen molar-refractivity contribution in [3.8, 4) is 16.9 Å². The van der Waals surface area contributed by atoms with Crippen LogP contribution in [0.15, 0.2) is 30.3 Å². The van der Waals surface area contributed by atoms with Gasteiger partial charge in [0.05, 0.1) is 15.1 Å². The maximum atomic E-state index is 13.1. The van der Waals surface area contributed by atoms with Gasteiger partial charge in [0.2, 0.25) is 0 Å². The largest absolute Gasteiger partial charge is 0.434 e. The molecule has 0 amide bonds. The number of alkyl halides is 2. The molecule has 0 heterocycles. The van der Waals surface area contributed by atoms with Crippen LogP contribution in [0.5, 0.6) is 5.75 Å². The SMILES string of the molecule is Fc1ccc(-c2cc(Cl)c(Cl)c(Cl)c2)c(OC(F)F)c1. The average molecular weight is 342 g/mol. The van der Waals surface area contributed by atoms with Crippen molar-refractivity contribution in [1.82, 2.24) is 0 Å². The van der Waals surface area contributed by atoms with Crippen molar-refractivity contribution in [2.75, 3.05) is 0 Å². The summed E-state index contributed by atoms with van der Waals surface area (Å²) < 4.78 is 42.1. The maximum Gasteiger partial charge on any atom is 0.387 e. The maximum absolute atomic E-state index is 13.1. The average Bonchev–Trinajstić information content (AvgIpc) is 2.35. The van der Waals surface area contributed by atoms with E-state index < -0.39 is 12.4 Å². The van der Waals surface area contributed by atoms with E-state index in [1.807, 2.05) is 0 Å². The molecule has 2 rings (SSSR count). The van der Waals surface area contributed by atoms with E-state index in [1.165, 1.54) is 18.2 Å². The zero-order chi connectivity index (χ0) is 14.9. The van der Waals surface area contributed by atoms with Gasteiger partial charge in [-0.15, -0.1) is 0 Å². The highest BCUT2D eigenvalue weighted by atomic mass is 35.5. The Balaban J connectivity index is 2.57. The smallest absolute Gasteiger partial charge is 0.387 e. The zero-order valence-electron chi connectivity index (χ0n) is 9.64. The fourth-order valence-electron chi connectivity index (χ4n) is 1.64. The topological polar surface area (TPSA) is 9.23 Å². The molecule has 0 aliphatic carbocycles. The summed E-state index contributed by atoms with van der Waals surface area (Å²) in [6, 6.07) is 6.13. The molecule has 0 radical (unpaired) electrons. The summed E-state index contributed by atoms with van der Waals surface area (Å²) in [5.41, 5.74) is 0.618. The van der Waals surface area contributed by atoms with E-state index in [1.54, 1.807) is 0 Å². The predicted molar refractivity (Wildman–Crippen MR) is 73.5 cm³/mol. The van der Waals surface area contributed by atoms with Crippen LogP contribution in [-0.4, -0.2) is 6.61 Å². The number of halogens is 6. The van der Waals surface area contributed by atoms with E-state index in [2.05, 4.69) is 4.74 Å². The summed E-state index contributed by atoms with van der Waals surface area (Å²) in [5.74, 6) is -1.01.